The fourth-order valence-electron chi connectivity index (χ4n) is 3.41. The largest absolute Gasteiger partial charge is 0.379 e. The Morgan fingerprint density at radius 1 is 1.17 bits per heavy atom. The molecule has 1 fully saturated rings. The summed E-state index contributed by atoms with van der Waals surface area (Å²) in [6.07, 6.45) is 4.69. The standard InChI is InChI=1S/C22H41N5O2S/c1-4-6-12-28-14-15-29-13-9-24-22(23-5-2)25-16-20-7-10-27(11-8-20)17-21-18-30-19(3)26-21/h18,20H,4-17H2,1-3H3,(H2,23,24,25). The average molecular weight is 440 g/mol. The van der Waals surface area contributed by atoms with Crippen molar-refractivity contribution >= 4 is 17.3 Å². The van der Waals surface area contributed by atoms with Crippen molar-refractivity contribution < 1.29 is 9.47 Å². The molecule has 0 unspecified atom stereocenters. The van der Waals surface area contributed by atoms with E-state index in [4.69, 9.17) is 14.5 Å². The summed E-state index contributed by atoms with van der Waals surface area (Å²) < 4.78 is 11.1. The van der Waals surface area contributed by atoms with E-state index in [2.05, 4.69) is 46.7 Å². The van der Waals surface area contributed by atoms with Gasteiger partial charge >= 0.3 is 0 Å². The molecule has 0 bridgehead atoms. The molecule has 1 saturated heterocycles. The van der Waals surface area contributed by atoms with Gasteiger partial charge in [-0.3, -0.25) is 9.89 Å². The van der Waals surface area contributed by atoms with Gasteiger partial charge in [-0.1, -0.05) is 13.3 Å². The lowest BCUT2D eigenvalue weighted by Crippen LogP contribution is -2.40. The molecule has 1 aromatic heterocycles. The van der Waals surface area contributed by atoms with E-state index < -0.39 is 0 Å². The number of nitrogens with one attached hydrogen (secondary N) is 2. The number of rotatable bonds is 14. The third kappa shape index (κ3) is 10.7. The van der Waals surface area contributed by atoms with Crippen LogP contribution in [0.2, 0.25) is 0 Å². The predicted octanol–water partition coefficient (Wildman–Crippen LogP) is 3.05. The molecule has 0 aromatic carbocycles. The number of hydrogen-bond acceptors (Lipinski definition) is 6. The first-order chi connectivity index (χ1) is 14.7. The minimum Gasteiger partial charge on any atom is -0.379 e. The number of likely N-dealkylation sites (tertiary alicyclic amines) is 1. The van der Waals surface area contributed by atoms with Crippen molar-refractivity contribution in [3.8, 4) is 0 Å². The lowest BCUT2D eigenvalue weighted by molar-refractivity contribution is 0.0487. The van der Waals surface area contributed by atoms with Crippen molar-refractivity contribution in [1.82, 2.24) is 20.5 Å². The van der Waals surface area contributed by atoms with Gasteiger partial charge in [-0.25, -0.2) is 4.98 Å². The van der Waals surface area contributed by atoms with Crippen molar-refractivity contribution in [3.05, 3.63) is 16.1 Å². The van der Waals surface area contributed by atoms with E-state index in [9.17, 15) is 0 Å². The highest BCUT2D eigenvalue weighted by molar-refractivity contribution is 7.09. The molecular weight excluding hydrogens is 398 g/mol. The number of nitrogens with zero attached hydrogens (tertiary/aromatic N) is 3. The molecule has 30 heavy (non-hydrogen) atoms. The Labute approximate surface area is 186 Å². The molecule has 2 N–H and O–H groups in total. The predicted molar refractivity (Wildman–Crippen MR) is 125 cm³/mol. The van der Waals surface area contributed by atoms with Crippen molar-refractivity contribution in [2.24, 2.45) is 10.9 Å². The van der Waals surface area contributed by atoms with Crippen molar-refractivity contribution in [3.63, 3.8) is 0 Å². The van der Waals surface area contributed by atoms with E-state index in [0.717, 1.165) is 63.3 Å². The molecule has 0 atom stereocenters. The monoisotopic (exact) mass is 439 g/mol. The van der Waals surface area contributed by atoms with Gasteiger partial charge in [0, 0.05) is 38.2 Å². The number of aryl methyl sites for hydroxylation is 1. The molecule has 0 spiro atoms. The number of guanidine groups is 1. The van der Waals surface area contributed by atoms with Gasteiger partial charge in [0.05, 0.1) is 30.5 Å². The second-order valence-electron chi connectivity index (χ2n) is 7.80. The van der Waals surface area contributed by atoms with E-state index >= 15 is 0 Å². The van der Waals surface area contributed by atoms with Crippen molar-refractivity contribution in [2.75, 3.05) is 59.2 Å². The van der Waals surface area contributed by atoms with E-state index in [-0.39, 0.29) is 0 Å². The molecule has 1 aromatic rings. The van der Waals surface area contributed by atoms with Crippen LogP contribution in [-0.4, -0.2) is 75.0 Å². The number of thiazole rings is 1. The quantitative estimate of drug-likeness (QED) is 0.264. The van der Waals surface area contributed by atoms with E-state index in [0.29, 0.717) is 25.7 Å². The second kappa shape index (κ2) is 15.6. The van der Waals surface area contributed by atoms with Crippen LogP contribution in [0.1, 0.15) is 50.2 Å². The summed E-state index contributed by atoms with van der Waals surface area (Å²) in [5.41, 5.74) is 1.21. The molecular formula is C22H41N5O2S. The number of ether oxygens (including phenoxy) is 2. The fraction of sp³-hybridized carbons (Fsp3) is 0.818. The SMILES string of the molecule is CCCCOCCOCCNC(=NCC1CCN(Cc2csc(C)n2)CC1)NCC. The molecule has 0 amide bonds. The normalized spacial score (nSPS) is 16.2. The smallest absolute Gasteiger partial charge is 0.191 e. The second-order valence-corrected chi connectivity index (χ2v) is 8.86. The summed E-state index contributed by atoms with van der Waals surface area (Å²) in [6, 6.07) is 0. The van der Waals surface area contributed by atoms with Gasteiger partial charge in [0.25, 0.3) is 0 Å². The van der Waals surface area contributed by atoms with Gasteiger partial charge < -0.3 is 20.1 Å². The lowest BCUT2D eigenvalue weighted by atomic mass is 9.97. The summed E-state index contributed by atoms with van der Waals surface area (Å²) in [6.45, 7) is 14.9. The minimum absolute atomic E-state index is 0.651. The molecule has 1 aliphatic rings. The first kappa shape index (κ1) is 25.0. The number of hydrogen-bond donors (Lipinski definition) is 2. The molecule has 7 nitrogen and oxygen atoms in total. The number of unbranched alkanes of at least 4 members (excludes halogenated alkanes) is 1. The van der Waals surface area contributed by atoms with Gasteiger partial charge in [-0.15, -0.1) is 11.3 Å². The van der Waals surface area contributed by atoms with Crippen LogP contribution in [-0.2, 0) is 16.0 Å². The van der Waals surface area contributed by atoms with Gasteiger partial charge in [0.1, 0.15) is 0 Å². The van der Waals surface area contributed by atoms with Gasteiger partial charge in [-0.05, 0) is 52.1 Å². The highest BCUT2D eigenvalue weighted by Crippen LogP contribution is 2.20. The van der Waals surface area contributed by atoms with Crippen LogP contribution >= 0.6 is 11.3 Å². The summed E-state index contributed by atoms with van der Waals surface area (Å²) in [5.74, 6) is 1.55. The van der Waals surface area contributed by atoms with E-state index in [1.54, 1.807) is 11.3 Å². The summed E-state index contributed by atoms with van der Waals surface area (Å²) in [5, 5.41) is 10.0. The summed E-state index contributed by atoms with van der Waals surface area (Å²) in [7, 11) is 0. The number of aliphatic imine (C=N–C) groups is 1. The summed E-state index contributed by atoms with van der Waals surface area (Å²) >= 11 is 1.74. The van der Waals surface area contributed by atoms with Crippen LogP contribution in [0, 0.1) is 12.8 Å². The Morgan fingerprint density at radius 2 is 1.93 bits per heavy atom. The topological polar surface area (TPSA) is 71.0 Å². The van der Waals surface area contributed by atoms with Gasteiger partial charge in [0.2, 0.25) is 0 Å². The van der Waals surface area contributed by atoms with Crippen LogP contribution < -0.4 is 10.6 Å². The molecule has 2 heterocycles. The van der Waals surface area contributed by atoms with Gasteiger partial charge in [-0.2, -0.15) is 0 Å². The first-order valence-corrected chi connectivity index (χ1v) is 12.4. The van der Waals surface area contributed by atoms with Crippen LogP contribution in [0.25, 0.3) is 0 Å². The Bertz CT molecular complexity index is 588. The van der Waals surface area contributed by atoms with Crippen LogP contribution in [0.3, 0.4) is 0 Å². The van der Waals surface area contributed by atoms with Crippen LogP contribution in [0.5, 0.6) is 0 Å². The third-order valence-corrected chi connectivity index (χ3v) is 5.99. The molecule has 172 valence electrons. The maximum Gasteiger partial charge on any atom is 0.191 e. The van der Waals surface area contributed by atoms with E-state index in [1.807, 2.05) is 0 Å². The Kier molecular flexibility index (Phi) is 13.0. The van der Waals surface area contributed by atoms with Crippen molar-refractivity contribution in [1.29, 1.82) is 0 Å². The maximum atomic E-state index is 5.62. The zero-order valence-electron chi connectivity index (χ0n) is 19.1. The molecule has 0 radical (unpaired) electrons. The molecule has 0 aliphatic carbocycles. The third-order valence-electron chi connectivity index (χ3n) is 5.16. The Balaban J connectivity index is 1.57. The molecule has 1 aliphatic heterocycles. The highest BCUT2D eigenvalue weighted by atomic mass is 32.1. The van der Waals surface area contributed by atoms with Gasteiger partial charge in [0.15, 0.2) is 5.96 Å². The molecule has 0 saturated carbocycles. The molecule has 2 rings (SSSR count). The fourth-order valence-corrected chi connectivity index (χ4v) is 4.01. The Hall–Kier alpha value is -1.22. The van der Waals surface area contributed by atoms with Crippen LogP contribution in [0.15, 0.2) is 10.4 Å². The molecule has 8 heteroatoms. The lowest BCUT2D eigenvalue weighted by Gasteiger charge is -2.30. The number of aromatic nitrogens is 1. The zero-order chi connectivity index (χ0) is 21.4. The van der Waals surface area contributed by atoms with Crippen molar-refractivity contribution in [2.45, 2.75) is 53.0 Å². The first-order valence-electron chi connectivity index (χ1n) is 11.5. The minimum atomic E-state index is 0.651. The zero-order valence-corrected chi connectivity index (χ0v) is 19.9. The number of piperidine rings is 1. The summed E-state index contributed by atoms with van der Waals surface area (Å²) in [4.78, 5) is 11.9. The average Bonchev–Trinajstić information content (AvgIpc) is 3.16. The highest BCUT2D eigenvalue weighted by Gasteiger charge is 2.19. The van der Waals surface area contributed by atoms with Crippen LogP contribution in [0.4, 0.5) is 0 Å². The Morgan fingerprint density at radius 3 is 2.60 bits per heavy atom. The van der Waals surface area contributed by atoms with E-state index in [1.165, 1.54) is 25.0 Å². The maximum absolute atomic E-state index is 5.62.